The number of nitrogens with zero attached hydrogens (tertiary/aromatic N) is 1. The maximum absolute atomic E-state index is 12.2. The van der Waals surface area contributed by atoms with Gasteiger partial charge in [-0.2, -0.15) is 0 Å². The van der Waals surface area contributed by atoms with Gasteiger partial charge in [0.15, 0.2) is 0 Å². The summed E-state index contributed by atoms with van der Waals surface area (Å²) in [5, 5.41) is 2.97. The van der Waals surface area contributed by atoms with Gasteiger partial charge in [-0.25, -0.2) is 0 Å². The SMILES string of the molecule is Nc1ccc(C#CC#Cc2ccc(C(=O)NCCN3CCCC3)cc2)cc1. The van der Waals surface area contributed by atoms with Gasteiger partial charge in [-0.3, -0.25) is 4.79 Å². The molecule has 1 heterocycles. The lowest BCUT2D eigenvalue weighted by Crippen LogP contribution is -2.33. The first-order valence-electron chi connectivity index (χ1n) is 9.19. The Kier molecular flexibility index (Phi) is 6.52. The zero-order valence-electron chi connectivity index (χ0n) is 15.3. The molecular formula is C23H23N3O. The maximum Gasteiger partial charge on any atom is 0.251 e. The predicted molar refractivity (Wildman–Crippen MR) is 109 cm³/mol. The second kappa shape index (κ2) is 9.48. The Labute approximate surface area is 160 Å². The first-order chi connectivity index (χ1) is 13.2. The fourth-order valence-electron chi connectivity index (χ4n) is 2.91. The molecule has 1 aliphatic heterocycles. The number of nitrogen functional groups attached to an aromatic ring is 1. The summed E-state index contributed by atoms with van der Waals surface area (Å²) in [5.41, 5.74) is 8.71. The third-order valence-electron chi connectivity index (χ3n) is 4.45. The molecule has 2 aromatic carbocycles. The highest BCUT2D eigenvalue weighted by Crippen LogP contribution is 2.06. The topological polar surface area (TPSA) is 58.4 Å². The zero-order chi connectivity index (χ0) is 18.9. The molecule has 0 aromatic heterocycles. The Morgan fingerprint density at radius 2 is 1.48 bits per heavy atom. The van der Waals surface area contributed by atoms with Crippen molar-refractivity contribution in [2.24, 2.45) is 0 Å². The number of hydrogen-bond acceptors (Lipinski definition) is 3. The van der Waals surface area contributed by atoms with Crippen LogP contribution in [0.5, 0.6) is 0 Å². The molecule has 0 radical (unpaired) electrons. The molecule has 1 aliphatic rings. The minimum absolute atomic E-state index is 0.0446. The minimum Gasteiger partial charge on any atom is -0.399 e. The van der Waals surface area contributed by atoms with Gasteiger partial charge in [0.25, 0.3) is 5.91 Å². The van der Waals surface area contributed by atoms with E-state index in [1.54, 1.807) is 12.1 Å². The number of carbonyl (C=O) groups is 1. The minimum atomic E-state index is -0.0446. The predicted octanol–water partition coefficient (Wildman–Crippen LogP) is 2.50. The van der Waals surface area contributed by atoms with E-state index in [0.29, 0.717) is 17.8 Å². The third kappa shape index (κ3) is 5.92. The van der Waals surface area contributed by atoms with E-state index in [4.69, 9.17) is 5.73 Å². The van der Waals surface area contributed by atoms with E-state index in [-0.39, 0.29) is 5.91 Å². The van der Waals surface area contributed by atoms with Crippen molar-refractivity contribution >= 4 is 11.6 Å². The van der Waals surface area contributed by atoms with Crippen LogP contribution in [0.15, 0.2) is 48.5 Å². The van der Waals surface area contributed by atoms with Gasteiger partial charge in [0.2, 0.25) is 0 Å². The fourth-order valence-corrected chi connectivity index (χ4v) is 2.91. The highest BCUT2D eigenvalue weighted by Gasteiger charge is 2.11. The normalized spacial score (nSPS) is 13.2. The summed E-state index contributed by atoms with van der Waals surface area (Å²) in [6.45, 7) is 3.89. The molecule has 0 bridgehead atoms. The Morgan fingerprint density at radius 3 is 2.07 bits per heavy atom. The molecule has 2 aromatic rings. The van der Waals surface area contributed by atoms with E-state index in [1.807, 2.05) is 36.4 Å². The molecule has 1 fully saturated rings. The number of nitrogens with two attached hydrogens (primary N) is 1. The molecule has 3 rings (SSSR count). The highest BCUT2D eigenvalue weighted by molar-refractivity contribution is 5.94. The summed E-state index contributed by atoms with van der Waals surface area (Å²) in [7, 11) is 0. The molecule has 27 heavy (non-hydrogen) atoms. The van der Waals surface area contributed by atoms with Crippen LogP contribution in [-0.4, -0.2) is 37.0 Å². The Bertz CT molecular complexity index is 887. The number of nitrogens with one attached hydrogen (secondary N) is 1. The van der Waals surface area contributed by atoms with Crippen molar-refractivity contribution in [3.05, 3.63) is 65.2 Å². The molecule has 1 amide bonds. The quantitative estimate of drug-likeness (QED) is 0.653. The number of benzene rings is 2. The summed E-state index contributed by atoms with van der Waals surface area (Å²) >= 11 is 0. The monoisotopic (exact) mass is 357 g/mol. The molecule has 4 heteroatoms. The first kappa shape index (κ1) is 18.6. The van der Waals surface area contributed by atoms with Crippen molar-refractivity contribution in [2.45, 2.75) is 12.8 Å². The molecule has 3 N–H and O–H groups in total. The van der Waals surface area contributed by atoms with Gasteiger partial charge in [0.05, 0.1) is 0 Å². The van der Waals surface area contributed by atoms with E-state index < -0.39 is 0 Å². The van der Waals surface area contributed by atoms with Crippen LogP contribution in [0, 0.1) is 23.7 Å². The van der Waals surface area contributed by atoms with Crippen molar-refractivity contribution < 1.29 is 4.79 Å². The van der Waals surface area contributed by atoms with Crippen LogP contribution in [-0.2, 0) is 0 Å². The van der Waals surface area contributed by atoms with Crippen LogP contribution in [0.2, 0.25) is 0 Å². The Morgan fingerprint density at radius 1 is 0.926 bits per heavy atom. The van der Waals surface area contributed by atoms with E-state index in [1.165, 1.54) is 12.8 Å². The number of carbonyl (C=O) groups excluding carboxylic acids is 1. The molecule has 0 saturated carbocycles. The Hall–Kier alpha value is -3.21. The summed E-state index contributed by atoms with van der Waals surface area (Å²) in [5.74, 6) is 11.6. The lowest BCUT2D eigenvalue weighted by molar-refractivity contribution is 0.0950. The van der Waals surface area contributed by atoms with Crippen LogP contribution in [0.25, 0.3) is 0 Å². The van der Waals surface area contributed by atoms with Crippen LogP contribution in [0.3, 0.4) is 0 Å². The smallest absolute Gasteiger partial charge is 0.251 e. The van der Waals surface area contributed by atoms with Gasteiger partial charge in [-0.1, -0.05) is 11.8 Å². The molecule has 0 aliphatic carbocycles. The first-order valence-corrected chi connectivity index (χ1v) is 9.19. The van der Waals surface area contributed by atoms with E-state index >= 15 is 0 Å². The van der Waals surface area contributed by atoms with Gasteiger partial charge >= 0.3 is 0 Å². The summed E-state index contributed by atoms with van der Waals surface area (Å²) in [4.78, 5) is 14.6. The van der Waals surface area contributed by atoms with Crippen molar-refractivity contribution in [2.75, 3.05) is 31.9 Å². The van der Waals surface area contributed by atoms with Crippen LogP contribution >= 0.6 is 0 Å². The fraction of sp³-hybridized carbons (Fsp3) is 0.261. The lowest BCUT2D eigenvalue weighted by atomic mass is 10.1. The molecule has 1 saturated heterocycles. The van der Waals surface area contributed by atoms with Crippen molar-refractivity contribution in [3.63, 3.8) is 0 Å². The maximum atomic E-state index is 12.2. The number of anilines is 1. The molecule has 0 atom stereocenters. The van der Waals surface area contributed by atoms with E-state index in [9.17, 15) is 4.79 Å². The highest BCUT2D eigenvalue weighted by atomic mass is 16.1. The van der Waals surface area contributed by atoms with Crippen molar-refractivity contribution in [1.29, 1.82) is 0 Å². The number of likely N-dealkylation sites (tertiary alicyclic amines) is 1. The second-order valence-corrected chi connectivity index (χ2v) is 6.50. The molecule has 0 spiro atoms. The summed E-state index contributed by atoms with van der Waals surface area (Å²) in [6.07, 6.45) is 2.53. The van der Waals surface area contributed by atoms with Gasteiger partial charge in [-0.15, -0.1) is 0 Å². The lowest BCUT2D eigenvalue weighted by Gasteiger charge is -2.14. The van der Waals surface area contributed by atoms with Crippen LogP contribution < -0.4 is 11.1 Å². The summed E-state index contributed by atoms with van der Waals surface area (Å²) < 4.78 is 0. The number of amides is 1. The average Bonchev–Trinajstić information content (AvgIpc) is 3.20. The number of rotatable bonds is 4. The molecule has 4 nitrogen and oxygen atoms in total. The second-order valence-electron chi connectivity index (χ2n) is 6.50. The molecular weight excluding hydrogens is 334 g/mol. The van der Waals surface area contributed by atoms with E-state index in [2.05, 4.69) is 33.9 Å². The Balaban J connectivity index is 1.49. The summed E-state index contributed by atoms with van der Waals surface area (Å²) in [6, 6.07) is 14.6. The standard InChI is InChI=1S/C23H23N3O/c24-22-13-9-20(10-14-22)6-2-1-5-19-7-11-21(12-8-19)23(27)25-15-18-26-16-3-4-17-26/h7-14H,3-4,15-18,24H2,(H,25,27). The van der Waals surface area contributed by atoms with Gasteiger partial charge in [-0.05, 0) is 86.3 Å². The van der Waals surface area contributed by atoms with Gasteiger partial charge in [0, 0.05) is 35.5 Å². The third-order valence-corrected chi connectivity index (χ3v) is 4.45. The van der Waals surface area contributed by atoms with Crippen molar-refractivity contribution in [1.82, 2.24) is 10.2 Å². The molecule has 0 unspecified atom stereocenters. The van der Waals surface area contributed by atoms with E-state index in [0.717, 1.165) is 30.8 Å². The average molecular weight is 357 g/mol. The van der Waals surface area contributed by atoms with Gasteiger partial charge in [0.1, 0.15) is 0 Å². The van der Waals surface area contributed by atoms with Gasteiger partial charge < -0.3 is 16.0 Å². The molecule has 136 valence electrons. The zero-order valence-corrected chi connectivity index (χ0v) is 15.3. The number of hydrogen-bond donors (Lipinski definition) is 2. The van der Waals surface area contributed by atoms with Crippen molar-refractivity contribution in [3.8, 4) is 23.7 Å². The van der Waals surface area contributed by atoms with Crippen LogP contribution in [0.1, 0.15) is 34.3 Å². The van der Waals surface area contributed by atoms with Crippen LogP contribution in [0.4, 0.5) is 5.69 Å². The largest absolute Gasteiger partial charge is 0.399 e.